The highest BCUT2D eigenvalue weighted by atomic mass is 16.5. The van der Waals surface area contributed by atoms with Crippen LogP contribution in [0, 0.1) is 11.8 Å². The fraction of sp³-hybridized carbons (Fsp3) is 0.571. The summed E-state index contributed by atoms with van der Waals surface area (Å²) in [4.78, 5) is 0. The summed E-state index contributed by atoms with van der Waals surface area (Å²) in [5.41, 5.74) is 2.87. The molecular formula is C28H38O. The Morgan fingerprint density at radius 3 is 1.31 bits per heavy atom. The van der Waals surface area contributed by atoms with Gasteiger partial charge in [-0.3, -0.25) is 0 Å². The van der Waals surface area contributed by atoms with Crippen LogP contribution >= 0.6 is 0 Å². The highest BCUT2D eigenvalue weighted by Gasteiger charge is 2.31. The molecule has 2 aliphatic carbocycles. The van der Waals surface area contributed by atoms with E-state index in [0.29, 0.717) is 12.2 Å². The highest BCUT2D eigenvalue weighted by Crippen LogP contribution is 2.35. The third-order valence-electron chi connectivity index (χ3n) is 7.26. The van der Waals surface area contributed by atoms with Gasteiger partial charge in [-0.15, -0.1) is 0 Å². The SMILES string of the molecule is c1ccc(CC(OC(Cc2ccccc2)C2CCCCC2)C2CCCCC2)cc1. The molecule has 2 atom stereocenters. The summed E-state index contributed by atoms with van der Waals surface area (Å²) in [6, 6.07) is 22.1. The van der Waals surface area contributed by atoms with E-state index in [1.165, 1.54) is 75.3 Å². The fourth-order valence-electron chi connectivity index (χ4n) is 5.58. The minimum atomic E-state index is 0.369. The van der Waals surface area contributed by atoms with Crippen molar-refractivity contribution in [2.24, 2.45) is 11.8 Å². The Morgan fingerprint density at radius 2 is 0.931 bits per heavy atom. The van der Waals surface area contributed by atoms with Crippen molar-refractivity contribution in [3.05, 3.63) is 71.8 Å². The van der Waals surface area contributed by atoms with Crippen LogP contribution in [0.4, 0.5) is 0 Å². The van der Waals surface area contributed by atoms with E-state index < -0.39 is 0 Å². The lowest BCUT2D eigenvalue weighted by Crippen LogP contribution is -2.37. The molecule has 0 heterocycles. The van der Waals surface area contributed by atoms with E-state index >= 15 is 0 Å². The van der Waals surface area contributed by atoms with Gasteiger partial charge >= 0.3 is 0 Å². The Morgan fingerprint density at radius 1 is 0.552 bits per heavy atom. The number of benzene rings is 2. The fourth-order valence-corrected chi connectivity index (χ4v) is 5.58. The molecule has 2 saturated carbocycles. The second kappa shape index (κ2) is 11.0. The van der Waals surface area contributed by atoms with Crippen LogP contribution in [-0.4, -0.2) is 12.2 Å². The summed E-state index contributed by atoms with van der Waals surface area (Å²) < 4.78 is 7.14. The molecular weight excluding hydrogens is 352 g/mol. The first-order valence-corrected chi connectivity index (χ1v) is 12.1. The molecule has 2 unspecified atom stereocenters. The van der Waals surface area contributed by atoms with Crippen LogP contribution in [0.1, 0.15) is 75.3 Å². The molecule has 2 aromatic rings. The van der Waals surface area contributed by atoms with E-state index in [1.54, 1.807) is 0 Å². The molecule has 156 valence electrons. The number of hydrogen-bond donors (Lipinski definition) is 0. The van der Waals surface area contributed by atoms with E-state index in [2.05, 4.69) is 60.7 Å². The Kier molecular flexibility index (Phi) is 7.82. The van der Waals surface area contributed by atoms with Crippen molar-refractivity contribution in [3.8, 4) is 0 Å². The topological polar surface area (TPSA) is 9.23 Å². The molecule has 1 heteroatoms. The van der Waals surface area contributed by atoms with Gasteiger partial charge in [-0.1, -0.05) is 99.2 Å². The van der Waals surface area contributed by atoms with Crippen molar-refractivity contribution < 1.29 is 4.74 Å². The van der Waals surface area contributed by atoms with Crippen molar-refractivity contribution in [1.29, 1.82) is 0 Å². The first-order chi connectivity index (χ1) is 14.4. The lowest BCUT2D eigenvalue weighted by molar-refractivity contribution is -0.0801. The van der Waals surface area contributed by atoms with Crippen molar-refractivity contribution in [1.82, 2.24) is 0 Å². The third kappa shape index (κ3) is 6.19. The minimum Gasteiger partial charge on any atom is -0.374 e. The van der Waals surface area contributed by atoms with Crippen molar-refractivity contribution in [3.63, 3.8) is 0 Å². The first-order valence-electron chi connectivity index (χ1n) is 12.1. The first kappa shape index (κ1) is 20.7. The zero-order valence-corrected chi connectivity index (χ0v) is 18.0. The smallest absolute Gasteiger partial charge is 0.0647 e. The summed E-state index contributed by atoms with van der Waals surface area (Å²) >= 11 is 0. The number of hydrogen-bond acceptors (Lipinski definition) is 1. The molecule has 0 aromatic heterocycles. The average Bonchev–Trinajstić information content (AvgIpc) is 2.81. The van der Waals surface area contributed by atoms with Gasteiger partial charge < -0.3 is 4.74 Å². The molecule has 2 aromatic carbocycles. The molecule has 0 amide bonds. The van der Waals surface area contributed by atoms with Crippen molar-refractivity contribution in [2.45, 2.75) is 89.3 Å². The molecule has 0 N–H and O–H groups in total. The predicted octanol–water partition coefficient (Wildman–Crippen LogP) is 7.39. The maximum Gasteiger partial charge on any atom is 0.0647 e. The quantitative estimate of drug-likeness (QED) is 0.456. The molecule has 0 spiro atoms. The molecule has 0 aliphatic heterocycles. The average molecular weight is 391 g/mol. The van der Waals surface area contributed by atoms with Gasteiger partial charge in [0.2, 0.25) is 0 Å². The number of ether oxygens (including phenoxy) is 1. The van der Waals surface area contributed by atoms with Gasteiger partial charge in [-0.2, -0.15) is 0 Å². The van der Waals surface area contributed by atoms with Crippen LogP contribution in [0.25, 0.3) is 0 Å². The second-order valence-electron chi connectivity index (χ2n) is 9.39. The van der Waals surface area contributed by atoms with Crippen molar-refractivity contribution >= 4 is 0 Å². The van der Waals surface area contributed by atoms with Gasteiger partial charge in [0.15, 0.2) is 0 Å². The molecule has 2 aliphatic rings. The van der Waals surface area contributed by atoms with Gasteiger partial charge in [0.1, 0.15) is 0 Å². The summed E-state index contributed by atoms with van der Waals surface area (Å²) in [7, 11) is 0. The lowest BCUT2D eigenvalue weighted by atomic mass is 9.81. The largest absolute Gasteiger partial charge is 0.374 e. The minimum absolute atomic E-state index is 0.369. The predicted molar refractivity (Wildman–Crippen MR) is 122 cm³/mol. The lowest BCUT2D eigenvalue weighted by Gasteiger charge is -2.37. The second-order valence-corrected chi connectivity index (χ2v) is 9.39. The normalized spacial score (nSPS) is 21.0. The maximum atomic E-state index is 7.14. The zero-order chi connectivity index (χ0) is 19.7. The Bertz CT molecular complexity index is 621. The molecule has 0 saturated heterocycles. The van der Waals surface area contributed by atoms with Gasteiger partial charge in [0.25, 0.3) is 0 Å². The van der Waals surface area contributed by atoms with Crippen molar-refractivity contribution in [2.75, 3.05) is 0 Å². The van der Waals surface area contributed by atoms with Crippen LogP contribution in [0.3, 0.4) is 0 Å². The molecule has 4 rings (SSSR count). The molecule has 2 fully saturated rings. The summed E-state index contributed by atoms with van der Waals surface area (Å²) in [6.07, 6.45) is 16.6. The van der Waals surface area contributed by atoms with E-state index in [-0.39, 0.29) is 0 Å². The molecule has 29 heavy (non-hydrogen) atoms. The maximum absolute atomic E-state index is 7.14. The van der Waals surface area contributed by atoms with Crippen LogP contribution in [0.15, 0.2) is 60.7 Å². The number of rotatable bonds is 8. The van der Waals surface area contributed by atoms with E-state index in [1.807, 2.05) is 0 Å². The zero-order valence-electron chi connectivity index (χ0n) is 18.0. The monoisotopic (exact) mass is 390 g/mol. The highest BCUT2D eigenvalue weighted by molar-refractivity contribution is 5.17. The Hall–Kier alpha value is -1.60. The van der Waals surface area contributed by atoms with Crippen LogP contribution < -0.4 is 0 Å². The van der Waals surface area contributed by atoms with Crippen LogP contribution in [0.2, 0.25) is 0 Å². The molecule has 0 bridgehead atoms. The Balaban J connectivity index is 1.52. The van der Waals surface area contributed by atoms with Gasteiger partial charge in [0.05, 0.1) is 12.2 Å². The third-order valence-corrected chi connectivity index (χ3v) is 7.26. The standard InChI is InChI=1S/C28H38O/c1-5-13-23(14-6-1)21-27(25-17-9-3-10-18-25)29-28(26-19-11-4-12-20-26)22-24-15-7-2-8-16-24/h1-2,5-8,13-16,25-28H,3-4,9-12,17-22H2. The van der Waals surface area contributed by atoms with E-state index in [4.69, 9.17) is 4.74 Å². The van der Waals surface area contributed by atoms with Crippen LogP contribution in [0.5, 0.6) is 0 Å². The van der Waals surface area contributed by atoms with Gasteiger partial charge in [0, 0.05) is 0 Å². The summed E-state index contributed by atoms with van der Waals surface area (Å²) in [5, 5.41) is 0. The van der Waals surface area contributed by atoms with Gasteiger partial charge in [-0.05, 0) is 61.5 Å². The summed E-state index contributed by atoms with van der Waals surface area (Å²) in [6.45, 7) is 0. The Labute approximate surface area is 177 Å². The molecule has 1 nitrogen and oxygen atoms in total. The van der Waals surface area contributed by atoms with E-state index in [0.717, 1.165) is 24.7 Å². The van der Waals surface area contributed by atoms with E-state index in [9.17, 15) is 0 Å². The molecule has 0 radical (unpaired) electrons. The van der Waals surface area contributed by atoms with Crippen LogP contribution in [-0.2, 0) is 17.6 Å². The van der Waals surface area contributed by atoms with Gasteiger partial charge in [-0.25, -0.2) is 0 Å². The summed E-state index contributed by atoms with van der Waals surface area (Å²) in [5.74, 6) is 1.46.